The average Bonchev–Trinajstić information content (AvgIpc) is 2.54. The van der Waals surface area contributed by atoms with Crippen molar-refractivity contribution in [2.75, 3.05) is 0 Å². The van der Waals surface area contributed by atoms with E-state index >= 15 is 0 Å². The number of Topliss-reactive ketones (excluding diaryl/α,β-unsaturated/α-hetero) is 1. The molecule has 1 atom stereocenters. The van der Waals surface area contributed by atoms with Crippen LogP contribution in [0.3, 0.4) is 0 Å². The summed E-state index contributed by atoms with van der Waals surface area (Å²) >= 11 is 0. The van der Waals surface area contributed by atoms with Crippen molar-refractivity contribution in [2.45, 2.75) is 19.9 Å². The number of aryl methyl sites for hydroxylation is 1. The molecule has 0 aliphatic carbocycles. The Kier molecular flexibility index (Phi) is 4.70. The first-order valence-corrected chi connectivity index (χ1v) is 6.93. The molecule has 1 unspecified atom stereocenters. The third-order valence-electron chi connectivity index (χ3n) is 3.41. The van der Waals surface area contributed by atoms with Gasteiger partial charge in [0, 0.05) is 5.56 Å². The highest BCUT2D eigenvalue weighted by atomic mass is 16.2. The minimum atomic E-state index is -0.638. The molecule has 0 heterocycles. The third-order valence-corrected chi connectivity index (χ3v) is 3.41. The molecule has 0 aliphatic rings. The summed E-state index contributed by atoms with van der Waals surface area (Å²) in [6.07, 6.45) is 0. The number of benzene rings is 2. The van der Waals surface area contributed by atoms with Crippen molar-refractivity contribution in [3.05, 3.63) is 70.8 Å². The molecule has 0 aromatic heterocycles. The van der Waals surface area contributed by atoms with E-state index in [0.29, 0.717) is 11.1 Å². The van der Waals surface area contributed by atoms with Gasteiger partial charge in [-0.1, -0.05) is 42.0 Å². The van der Waals surface area contributed by atoms with Gasteiger partial charge in [-0.25, -0.2) is 0 Å². The Morgan fingerprint density at radius 2 is 1.64 bits per heavy atom. The minimum absolute atomic E-state index is 0.311. The van der Waals surface area contributed by atoms with Crippen LogP contribution >= 0.6 is 0 Å². The quantitative estimate of drug-likeness (QED) is 0.695. The summed E-state index contributed by atoms with van der Waals surface area (Å²) in [4.78, 5) is 24.1. The van der Waals surface area contributed by atoms with Crippen LogP contribution in [-0.2, 0) is 4.79 Å². The fraction of sp³-hybridized carbons (Fsp3) is 0.167. The highest BCUT2D eigenvalue weighted by Crippen LogP contribution is 2.13. The van der Waals surface area contributed by atoms with Crippen molar-refractivity contribution >= 4 is 11.7 Å². The lowest BCUT2D eigenvalue weighted by Gasteiger charge is -2.13. The highest BCUT2D eigenvalue weighted by Gasteiger charge is 2.18. The van der Waals surface area contributed by atoms with Gasteiger partial charge in [0.15, 0.2) is 0 Å². The summed E-state index contributed by atoms with van der Waals surface area (Å²) in [5, 5.41) is 11.4. The van der Waals surface area contributed by atoms with Gasteiger partial charge < -0.3 is 5.32 Å². The van der Waals surface area contributed by atoms with Gasteiger partial charge in [0.25, 0.3) is 5.91 Å². The number of amides is 1. The number of hydrogen-bond acceptors (Lipinski definition) is 3. The monoisotopic (exact) mass is 292 g/mol. The Morgan fingerprint density at radius 3 is 2.18 bits per heavy atom. The number of nitriles is 1. The van der Waals surface area contributed by atoms with E-state index in [4.69, 9.17) is 5.26 Å². The molecule has 4 nitrogen and oxygen atoms in total. The lowest BCUT2D eigenvalue weighted by molar-refractivity contribution is -0.117. The van der Waals surface area contributed by atoms with E-state index in [9.17, 15) is 9.59 Å². The second-order valence-corrected chi connectivity index (χ2v) is 5.12. The number of nitrogens with zero attached hydrogens (tertiary/aromatic N) is 1. The van der Waals surface area contributed by atoms with Crippen molar-refractivity contribution in [1.29, 1.82) is 5.26 Å². The fourth-order valence-corrected chi connectivity index (χ4v) is 2.03. The van der Waals surface area contributed by atoms with Crippen LogP contribution in [-0.4, -0.2) is 11.7 Å². The third kappa shape index (κ3) is 3.58. The predicted molar refractivity (Wildman–Crippen MR) is 83.2 cm³/mol. The normalized spacial score (nSPS) is 11.3. The van der Waals surface area contributed by atoms with Crippen molar-refractivity contribution in [3.8, 4) is 6.07 Å². The molecule has 2 rings (SSSR count). The van der Waals surface area contributed by atoms with Gasteiger partial charge in [-0.15, -0.1) is 0 Å². The van der Waals surface area contributed by atoms with Crippen molar-refractivity contribution < 1.29 is 9.59 Å². The molecule has 1 N–H and O–H groups in total. The lowest BCUT2D eigenvalue weighted by Crippen LogP contribution is -2.33. The number of hydrogen-bond donors (Lipinski definition) is 1. The zero-order valence-corrected chi connectivity index (χ0v) is 12.5. The highest BCUT2D eigenvalue weighted by molar-refractivity contribution is 6.42. The van der Waals surface area contributed by atoms with E-state index in [1.807, 2.05) is 13.0 Å². The fourth-order valence-electron chi connectivity index (χ4n) is 2.03. The van der Waals surface area contributed by atoms with E-state index in [0.717, 1.165) is 11.1 Å². The Hall–Kier alpha value is -2.93. The minimum Gasteiger partial charge on any atom is -0.343 e. The Labute approximate surface area is 129 Å². The van der Waals surface area contributed by atoms with E-state index in [1.165, 1.54) is 0 Å². The maximum atomic E-state index is 12.1. The summed E-state index contributed by atoms with van der Waals surface area (Å²) < 4.78 is 0. The predicted octanol–water partition coefficient (Wildman–Crippen LogP) is 2.93. The van der Waals surface area contributed by atoms with Crippen LogP contribution in [0.25, 0.3) is 0 Å². The van der Waals surface area contributed by atoms with Gasteiger partial charge in [0.05, 0.1) is 17.7 Å². The van der Waals surface area contributed by atoms with E-state index in [-0.39, 0.29) is 6.04 Å². The largest absolute Gasteiger partial charge is 0.343 e. The molecule has 0 bridgehead atoms. The zero-order valence-electron chi connectivity index (χ0n) is 12.5. The molecular formula is C18H16N2O2. The van der Waals surface area contributed by atoms with E-state index < -0.39 is 11.7 Å². The maximum absolute atomic E-state index is 12.1. The molecule has 0 radical (unpaired) electrons. The first-order valence-electron chi connectivity index (χ1n) is 6.93. The molecule has 0 saturated carbocycles. The molecule has 1 amide bonds. The molecule has 2 aromatic rings. The zero-order chi connectivity index (χ0) is 16.1. The summed E-state index contributed by atoms with van der Waals surface area (Å²) in [5.74, 6) is -1.19. The average molecular weight is 292 g/mol. The number of carbonyl (C=O) groups is 2. The summed E-state index contributed by atoms with van der Waals surface area (Å²) in [5.41, 5.74) is 2.79. The second kappa shape index (κ2) is 6.68. The summed E-state index contributed by atoms with van der Waals surface area (Å²) in [7, 11) is 0. The molecule has 0 fully saturated rings. The van der Waals surface area contributed by atoms with Gasteiger partial charge in [-0.05, 0) is 31.5 Å². The first-order chi connectivity index (χ1) is 10.5. The molecule has 0 spiro atoms. The van der Waals surface area contributed by atoms with Gasteiger partial charge in [0.2, 0.25) is 5.78 Å². The first kappa shape index (κ1) is 15.5. The van der Waals surface area contributed by atoms with Gasteiger partial charge >= 0.3 is 0 Å². The Balaban J connectivity index is 2.05. The van der Waals surface area contributed by atoms with Crippen LogP contribution in [0.1, 0.15) is 40.0 Å². The molecule has 2 aromatic carbocycles. The van der Waals surface area contributed by atoms with Gasteiger partial charge in [-0.2, -0.15) is 5.26 Å². The number of rotatable bonds is 4. The molecular weight excluding hydrogens is 276 g/mol. The van der Waals surface area contributed by atoms with E-state index in [2.05, 4.69) is 5.32 Å². The van der Waals surface area contributed by atoms with Crippen LogP contribution in [0, 0.1) is 18.3 Å². The molecule has 0 aliphatic heterocycles. The second-order valence-electron chi connectivity index (χ2n) is 5.12. The SMILES string of the molecule is Cc1ccc(C(=O)C(=O)NC(C)c2ccc(C#N)cc2)cc1. The van der Waals surface area contributed by atoms with E-state index in [1.54, 1.807) is 55.5 Å². The molecule has 110 valence electrons. The summed E-state index contributed by atoms with van der Waals surface area (Å²) in [6, 6.07) is 15.5. The Morgan fingerprint density at radius 1 is 1.05 bits per heavy atom. The van der Waals surface area contributed by atoms with Gasteiger partial charge in [-0.3, -0.25) is 9.59 Å². The summed E-state index contributed by atoms with van der Waals surface area (Å²) in [6.45, 7) is 3.71. The maximum Gasteiger partial charge on any atom is 0.292 e. The van der Waals surface area contributed by atoms with Crippen LogP contribution in [0.15, 0.2) is 48.5 Å². The topological polar surface area (TPSA) is 70.0 Å². The number of carbonyl (C=O) groups excluding carboxylic acids is 2. The Bertz CT molecular complexity index is 725. The smallest absolute Gasteiger partial charge is 0.292 e. The van der Waals surface area contributed by atoms with Crippen LogP contribution in [0.2, 0.25) is 0 Å². The van der Waals surface area contributed by atoms with Crippen LogP contribution < -0.4 is 5.32 Å². The lowest BCUT2D eigenvalue weighted by atomic mass is 10.0. The number of nitrogens with one attached hydrogen (secondary N) is 1. The van der Waals surface area contributed by atoms with Crippen molar-refractivity contribution in [3.63, 3.8) is 0 Å². The van der Waals surface area contributed by atoms with Crippen molar-refractivity contribution in [1.82, 2.24) is 5.32 Å². The molecule has 0 saturated heterocycles. The number of ketones is 1. The molecule has 4 heteroatoms. The van der Waals surface area contributed by atoms with Crippen molar-refractivity contribution in [2.24, 2.45) is 0 Å². The standard InChI is InChI=1S/C18H16N2O2/c1-12-3-7-16(8-4-12)17(21)18(22)20-13(2)15-9-5-14(11-19)6-10-15/h3-10,13H,1-2H3,(H,20,22). The van der Waals surface area contributed by atoms with Crippen LogP contribution in [0.5, 0.6) is 0 Å². The molecule has 22 heavy (non-hydrogen) atoms. The van der Waals surface area contributed by atoms with Gasteiger partial charge in [0.1, 0.15) is 0 Å². The van der Waals surface area contributed by atoms with Crippen LogP contribution in [0.4, 0.5) is 0 Å².